The second kappa shape index (κ2) is 3.51. The summed E-state index contributed by atoms with van der Waals surface area (Å²) < 4.78 is 2.87. The van der Waals surface area contributed by atoms with E-state index in [1.807, 2.05) is 0 Å². The molecule has 0 unspecified atom stereocenters. The fourth-order valence-corrected chi connectivity index (χ4v) is 8.56. The molecule has 1 aliphatic rings. The minimum absolute atomic E-state index is 0.421. The van der Waals surface area contributed by atoms with Gasteiger partial charge in [-0.05, 0) is 23.9 Å². The molecule has 0 aliphatic carbocycles. The fraction of sp³-hybridized carbons (Fsp3) is 1.00. The molecule has 0 atom stereocenters. The van der Waals surface area contributed by atoms with Crippen molar-refractivity contribution in [2.24, 2.45) is 0 Å². The lowest BCUT2D eigenvalue weighted by atomic mass is 9.83. The van der Waals surface area contributed by atoms with Crippen molar-refractivity contribution in [1.82, 2.24) is 3.88 Å². The molecule has 0 radical (unpaired) electrons. The average molecular weight is 212 g/mol. The van der Waals surface area contributed by atoms with Crippen molar-refractivity contribution < 1.29 is 0 Å². The van der Waals surface area contributed by atoms with Gasteiger partial charge in [-0.3, -0.25) is 0 Å². The Balaban J connectivity index is 3.04. The summed E-state index contributed by atoms with van der Waals surface area (Å²) in [5.41, 5.74) is 0.843. The van der Waals surface area contributed by atoms with Crippen LogP contribution < -0.4 is 0 Å². The van der Waals surface area contributed by atoms with Crippen LogP contribution >= 0.6 is 0 Å². The molecule has 0 N–H and O–H groups in total. The van der Waals surface area contributed by atoms with Crippen LogP contribution in [0.1, 0.15) is 47.0 Å². The highest BCUT2D eigenvalue weighted by Gasteiger charge is 2.42. The standard InChI is InChI=1S/C9H18N.3CH3.Al/c1-8(2)6-5-7-9(3,4)10-8;;;;/h5-7H2,1-4H3;3*1H3;/q-1;;;;. The van der Waals surface area contributed by atoms with Gasteiger partial charge in [-0.2, -0.15) is 17.4 Å². The third kappa shape index (κ3) is 2.35. The van der Waals surface area contributed by atoms with Crippen molar-refractivity contribution in [2.45, 2.75) is 75.4 Å². The topological polar surface area (TPSA) is 3.24 Å². The predicted octanol–water partition coefficient (Wildman–Crippen LogP) is 3.86. The van der Waals surface area contributed by atoms with E-state index in [-0.39, 0.29) is 0 Å². The number of hydrogen-bond donors (Lipinski definition) is 0. The first-order valence-electron chi connectivity index (χ1n) is 6.14. The van der Waals surface area contributed by atoms with Gasteiger partial charge in [-0.25, -0.2) is 0 Å². The van der Waals surface area contributed by atoms with Crippen LogP contribution in [0.5, 0.6) is 0 Å². The first-order chi connectivity index (χ1) is 6.07. The third-order valence-electron chi connectivity index (χ3n) is 3.66. The Morgan fingerprint density at radius 1 is 0.857 bits per heavy atom. The first kappa shape index (κ1) is 12.6. The van der Waals surface area contributed by atoms with E-state index in [0.717, 1.165) is 0 Å². The van der Waals surface area contributed by atoms with E-state index < -0.39 is 13.3 Å². The van der Waals surface area contributed by atoms with Crippen LogP contribution in [-0.4, -0.2) is 28.3 Å². The molecule has 1 saturated heterocycles. The number of piperidine rings is 1. The zero-order valence-corrected chi connectivity index (χ0v) is 12.3. The van der Waals surface area contributed by atoms with E-state index in [0.29, 0.717) is 11.1 Å². The van der Waals surface area contributed by atoms with Crippen LogP contribution in [0.25, 0.3) is 0 Å². The quantitative estimate of drug-likeness (QED) is 0.596. The first-order valence-corrected chi connectivity index (χ1v) is 10.1. The second-order valence-electron chi connectivity index (χ2n) is 7.36. The van der Waals surface area contributed by atoms with Gasteiger partial charge in [0.2, 0.25) is 13.3 Å². The fourth-order valence-electron chi connectivity index (χ4n) is 4.11. The molecule has 0 bridgehead atoms. The van der Waals surface area contributed by atoms with Crippen LogP contribution in [0.4, 0.5) is 0 Å². The van der Waals surface area contributed by atoms with Gasteiger partial charge in [-0.1, -0.05) is 34.1 Å². The van der Waals surface area contributed by atoms with E-state index >= 15 is 0 Å². The Morgan fingerprint density at radius 2 is 1.21 bits per heavy atom. The summed E-state index contributed by atoms with van der Waals surface area (Å²) in [5, 5.41) is 0. The monoisotopic (exact) mass is 212 g/mol. The van der Waals surface area contributed by atoms with Gasteiger partial charge < -0.3 is 3.88 Å². The zero-order chi connectivity index (χ0) is 11.2. The molecule has 14 heavy (non-hydrogen) atoms. The van der Waals surface area contributed by atoms with Crippen molar-refractivity contribution >= 4 is 13.3 Å². The molecule has 0 saturated carbocycles. The molecule has 1 nitrogen and oxygen atoms in total. The summed E-state index contributed by atoms with van der Waals surface area (Å²) in [6.45, 7) is 9.72. The third-order valence-corrected chi connectivity index (χ3v) is 6.60. The Kier molecular flexibility index (Phi) is 3.15. The van der Waals surface area contributed by atoms with Crippen molar-refractivity contribution in [1.29, 1.82) is 0 Å². The molecule has 0 aromatic carbocycles. The van der Waals surface area contributed by atoms with Crippen LogP contribution in [0.3, 0.4) is 0 Å². The molecule has 0 aromatic heterocycles. The van der Waals surface area contributed by atoms with E-state index in [9.17, 15) is 0 Å². The lowest BCUT2D eigenvalue weighted by Gasteiger charge is -2.65. The van der Waals surface area contributed by atoms with E-state index in [1.54, 1.807) is 0 Å². The van der Waals surface area contributed by atoms with Gasteiger partial charge in [0.1, 0.15) is 0 Å². The smallest absolute Gasteiger partial charge is 0.217 e. The Hall–Kier alpha value is 0.492. The summed E-state index contributed by atoms with van der Waals surface area (Å²) in [5.74, 6) is 7.51. The van der Waals surface area contributed by atoms with Crippen LogP contribution in [0.2, 0.25) is 17.4 Å². The highest BCUT2D eigenvalue weighted by molar-refractivity contribution is 6.73. The lowest BCUT2D eigenvalue weighted by molar-refractivity contribution is 0.0449. The van der Waals surface area contributed by atoms with Crippen molar-refractivity contribution in [2.75, 3.05) is 0 Å². The maximum atomic E-state index is 2.87. The molecule has 0 aromatic rings. The van der Waals surface area contributed by atoms with Gasteiger partial charge in [0.25, 0.3) is 0 Å². The molecule has 2 heteroatoms. The second-order valence-corrected chi connectivity index (χ2v) is 12.9. The van der Waals surface area contributed by atoms with Gasteiger partial charge >= 0.3 is 0 Å². The average Bonchev–Trinajstić information content (AvgIpc) is 1.76. The maximum Gasteiger partial charge on any atom is 0.217 e. The van der Waals surface area contributed by atoms with Gasteiger partial charge in [0.05, 0.1) is 0 Å². The zero-order valence-electron chi connectivity index (χ0n) is 11.1. The molecule has 1 heterocycles. The Labute approximate surface area is 92.8 Å². The van der Waals surface area contributed by atoms with Crippen molar-refractivity contribution in [3.8, 4) is 0 Å². The number of nitrogens with zero attached hydrogens (tertiary/aromatic N) is 1. The van der Waals surface area contributed by atoms with Crippen molar-refractivity contribution in [3.05, 3.63) is 0 Å². The van der Waals surface area contributed by atoms with E-state index in [2.05, 4.69) is 48.9 Å². The van der Waals surface area contributed by atoms with Crippen molar-refractivity contribution in [3.63, 3.8) is 0 Å². The molecule has 1 rings (SSSR count). The largest absolute Gasteiger partial charge is 0.504 e. The molecule has 1 fully saturated rings. The Bertz CT molecular complexity index is 197. The summed E-state index contributed by atoms with van der Waals surface area (Å²) in [7, 11) is 0. The van der Waals surface area contributed by atoms with E-state index in [4.69, 9.17) is 0 Å². The highest BCUT2D eigenvalue weighted by atomic mass is 27.3. The van der Waals surface area contributed by atoms with Crippen LogP contribution in [-0.2, 0) is 0 Å². The molecule has 0 spiro atoms. The summed E-state index contributed by atoms with van der Waals surface area (Å²) in [4.78, 5) is 0. The summed E-state index contributed by atoms with van der Waals surface area (Å²) in [6, 6.07) is 0. The van der Waals surface area contributed by atoms with Gasteiger partial charge in [0.15, 0.2) is 0 Å². The number of hydrogen-bond acceptors (Lipinski definition) is 1. The van der Waals surface area contributed by atoms with E-state index in [1.165, 1.54) is 19.3 Å². The maximum absolute atomic E-state index is 2.87. The van der Waals surface area contributed by atoms with Crippen LogP contribution in [0.15, 0.2) is 0 Å². The highest BCUT2D eigenvalue weighted by Crippen LogP contribution is 2.41. The molecule has 0 amide bonds. The lowest BCUT2D eigenvalue weighted by Crippen LogP contribution is -2.67. The van der Waals surface area contributed by atoms with Crippen LogP contribution in [0, 0.1) is 0 Å². The Morgan fingerprint density at radius 3 is 1.43 bits per heavy atom. The minimum atomic E-state index is -1.49. The predicted molar refractivity (Wildman–Crippen MR) is 67.2 cm³/mol. The normalized spacial score (nSPS) is 27.6. The number of rotatable bonds is 1. The molecular formula is C12H27AlN-. The molecular weight excluding hydrogens is 185 g/mol. The van der Waals surface area contributed by atoms with Gasteiger partial charge in [-0.15, -0.1) is 0 Å². The SMILES string of the molecule is CC1(C)CCCC(C)(C)[N]1[Al-]([CH3])([CH3])[CH3]. The summed E-state index contributed by atoms with van der Waals surface area (Å²) >= 11 is -1.49. The molecule has 84 valence electrons. The molecule has 1 aliphatic heterocycles. The van der Waals surface area contributed by atoms with Gasteiger partial charge in [0, 0.05) is 0 Å². The summed E-state index contributed by atoms with van der Waals surface area (Å²) in [6.07, 6.45) is 4.13. The minimum Gasteiger partial charge on any atom is -0.504 e.